The zero-order chi connectivity index (χ0) is 19.2. The highest BCUT2D eigenvalue weighted by Crippen LogP contribution is 2.37. The molecule has 0 bridgehead atoms. The maximum Gasteiger partial charge on any atom is 0.466 e. The zero-order valence-electron chi connectivity index (χ0n) is 14.8. The van der Waals surface area contributed by atoms with Gasteiger partial charge in [-0.15, -0.1) is 0 Å². The van der Waals surface area contributed by atoms with E-state index >= 15 is 0 Å². The molecule has 26 heavy (non-hydrogen) atoms. The van der Waals surface area contributed by atoms with Crippen LogP contribution in [0.2, 0.25) is 0 Å². The molecule has 0 aliphatic heterocycles. The summed E-state index contributed by atoms with van der Waals surface area (Å²) in [6.07, 6.45) is 0. The average Bonchev–Trinajstić information content (AvgIpc) is 2.62. The van der Waals surface area contributed by atoms with Gasteiger partial charge in [0.1, 0.15) is 0 Å². The summed E-state index contributed by atoms with van der Waals surface area (Å²) >= 11 is 0. The molecule has 0 aliphatic rings. The van der Waals surface area contributed by atoms with Gasteiger partial charge in [-0.2, -0.15) is 0 Å². The van der Waals surface area contributed by atoms with E-state index in [1.54, 1.807) is 0 Å². The topological polar surface area (TPSA) is 77.8 Å². The lowest BCUT2D eigenvalue weighted by atomic mass is 9.75. The first-order valence-corrected chi connectivity index (χ1v) is 9.75. The molecule has 0 atom stereocenters. The average molecular weight is 370 g/mol. The summed E-state index contributed by atoms with van der Waals surface area (Å²) in [6.45, 7) is 4.59. The summed E-state index contributed by atoms with van der Waals surface area (Å²) in [6, 6.07) is 30.1. The van der Waals surface area contributed by atoms with E-state index in [4.69, 9.17) is 19.2 Å². The molecule has 3 N–H and O–H groups in total. The van der Waals surface area contributed by atoms with Gasteiger partial charge in [-0.25, -0.2) is 4.57 Å². The molecule has 3 rings (SSSR count). The van der Waals surface area contributed by atoms with Crippen LogP contribution < -0.4 is 0 Å². The third kappa shape index (κ3) is 5.65. The van der Waals surface area contributed by atoms with Gasteiger partial charge in [-0.05, 0) is 22.3 Å². The summed E-state index contributed by atoms with van der Waals surface area (Å²) in [7, 11) is -4.64. The third-order valence-electron chi connectivity index (χ3n) is 4.18. The SMILES string of the molecule is CC(C)(c1ccccc1)c1ccccc1-c1ccccc1.O=P(O)(O)O. The Balaban J connectivity index is 0.000000431. The lowest BCUT2D eigenvalue weighted by Crippen LogP contribution is -2.19. The zero-order valence-corrected chi connectivity index (χ0v) is 15.7. The van der Waals surface area contributed by atoms with Crippen molar-refractivity contribution in [3.63, 3.8) is 0 Å². The Morgan fingerprint density at radius 2 is 1.12 bits per heavy atom. The molecular weight excluding hydrogens is 347 g/mol. The van der Waals surface area contributed by atoms with Gasteiger partial charge in [0.05, 0.1) is 0 Å². The minimum Gasteiger partial charge on any atom is -0.303 e. The highest BCUT2D eigenvalue weighted by atomic mass is 31.2. The Morgan fingerprint density at radius 3 is 1.65 bits per heavy atom. The van der Waals surface area contributed by atoms with Crippen molar-refractivity contribution < 1.29 is 19.2 Å². The van der Waals surface area contributed by atoms with Crippen LogP contribution in [0.25, 0.3) is 11.1 Å². The fraction of sp³-hybridized carbons (Fsp3) is 0.143. The fourth-order valence-electron chi connectivity index (χ4n) is 2.91. The van der Waals surface area contributed by atoms with Crippen molar-refractivity contribution in [3.05, 3.63) is 96.1 Å². The Bertz CT molecular complexity index is 863. The van der Waals surface area contributed by atoms with Gasteiger partial charge in [-0.3, -0.25) is 0 Å². The van der Waals surface area contributed by atoms with E-state index in [-0.39, 0.29) is 5.41 Å². The molecule has 0 aliphatic carbocycles. The Morgan fingerprint density at radius 1 is 0.692 bits per heavy atom. The lowest BCUT2D eigenvalue weighted by molar-refractivity contribution is 0.275. The number of hydrogen-bond donors (Lipinski definition) is 3. The quantitative estimate of drug-likeness (QED) is 0.582. The van der Waals surface area contributed by atoms with Crippen molar-refractivity contribution >= 4 is 7.82 Å². The molecule has 0 saturated heterocycles. The van der Waals surface area contributed by atoms with Crippen LogP contribution in [-0.2, 0) is 9.98 Å². The molecule has 0 amide bonds. The molecule has 5 heteroatoms. The third-order valence-corrected chi connectivity index (χ3v) is 4.18. The number of hydrogen-bond acceptors (Lipinski definition) is 1. The molecule has 4 nitrogen and oxygen atoms in total. The molecule has 0 spiro atoms. The molecule has 0 unspecified atom stereocenters. The highest BCUT2D eigenvalue weighted by molar-refractivity contribution is 7.45. The van der Waals surface area contributed by atoms with Crippen molar-refractivity contribution in [2.24, 2.45) is 0 Å². The highest BCUT2D eigenvalue weighted by Gasteiger charge is 2.25. The van der Waals surface area contributed by atoms with E-state index in [0.29, 0.717) is 0 Å². The fourth-order valence-corrected chi connectivity index (χ4v) is 2.91. The summed E-state index contributed by atoms with van der Waals surface area (Å²) in [4.78, 5) is 21.6. The summed E-state index contributed by atoms with van der Waals surface area (Å²) in [5, 5.41) is 0. The van der Waals surface area contributed by atoms with Gasteiger partial charge in [0.25, 0.3) is 0 Å². The number of rotatable bonds is 3. The molecule has 0 heterocycles. The van der Waals surface area contributed by atoms with E-state index < -0.39 is 7.82 Å². The minimum atomic E-state index is -4.64. The smallest absolute Gasteiger partial charge is 0.303 e. The minimum absolute atomic E-state index is 0.0201. The van der Waals surface area contributed by atoms with E-state index in [9.17, 15) is 0 Å². The van der Waals surface area contributed by atoms with Gasteiger partial charge in [0, 0.05) is 5.41 Å². The number of benzene rings is 3. The van der Waals surface area contributed by atoms with Crippen molar-refractivity contribution in [2.75, 3.05) is 0 Å². The van der Waals surface area contributed by atoms with Crippen LogP contribution in [0, 0.1) is 0 Å². The van der Waals surface area contributed by atoms with Crippen LogP contribution in [-0.4, -0.2) is 14.7 Å². The maximum atomic E-state index is 8.88. The second-order valence-corrected chi connectivity index (χ2v) is 7.44. The molecular formula is C21H23O4P. The van der Waals surface area contributed by atoms with Crippen LogP contribution in [0.3, 0.4) is 0 Å². The second-order valence-electron chi connectivity index (χ2n) is 6.42. The van der Waals surface area contributed by atoms with Crippen molar-refractivity contribution in [1.82, 2.24) is 0 Å². The van der Waals surface area contributed by atoms with Crippen LogP contribution in [0.15, 0.2) is 84.9 Å². The van der Waals surface area contributed by atoms with E-state index in [1.165, 1.54) is 22.3 Å². The van der Waals surface area contributed by atoms with Crippen LogP contribution in [0.1, 0.15) is 25.0 Å². The first-order valence-electron chi connectivity index (χ1n) is 8.18. The van der Waals surface area contributed by atoms with Crippen molar-refractivity contribution in [3.8, 4) is 11.1 Å². The first kappa shape index (κ1) is 20.1. The Kier molecular flexibility index (Phi) is 6.52. The van der Waals surface area contributed by atoms with Crippen LogP contribution >= 0.6 is 7.82 Å². The lowest BCUT2D eigenvalue weighted by Gasteiger charge is -2.28. The predicted molar refractivity (Wildman–Crippen MR) is 105 cm³/mol. The normalized spacial score (nSPS) is 11.4. The van der Waals surface area contributed by atoms with Crippen molar-refractivity contribution in [1.29, 1.82) is 0 Å². The van der Waals surface area contributed by atoms with Crippen LogP contribution in [0.5, 0.6) is 0 Å². The Labute approximate surface area is 154 Å². The molecule has 0 aromatic heterocycles. The van der Waals surface area contributed by atoms with E-state index in [1.807, 2.05) is 0 Å². The van der Waals surface area contributed by atoms with Gasteiger partial charge in [0.2, 0.25) is 0 Å². The second kappa shape index (κ2) is 8.43. The first-order chi connectivity index (χ1) is 12.2. The molecule has 0 saturated carbocycles. The molecule has 0 radical (unpaired) electrons. The van der Waals surface area contributed by atoms with Gasteiger partial charge >= 0.3 is 7.82 Å². The Hall–Kier alpha value is -2.23. The summed E-state index contributed by atoms with van der Waals surface area (Å²) < 4.78 is 8.88. The maximum absolute atomic E-state index is 8.88. The molecule has 3 aromatic carbocycles. The number of phosphoric acid groups is 1. The monoisotopic (exact) mass is 370 g/mol. The largest absolute Gasteiger partial charge is 0.466 e. The van der Waals surface area contributed by atoms with E-state index in [0.717, 1.165) is 0 Å². The standard InChI is InChI=1S/C21H20.H3O4P/c1-21(2,18-13-7-4-8-14-18)20-16-10-9-15-19(20)17-11-5-3-6-12-17;1-5(2,3)4/h3-16H,1-2H3;(H3,1,2,3,4). The molecule has 0 fully saturated rings. The van der Waals surface area contributed by atoms with Crippen molar-refractivity contribution in [2.45, 2.75) is 19.3 Å². The van der Waals surface area contributed by atoms with E-state index in [2.05, 4.69) is 98.8 Å². The van der Waals surface area contributed by atoms with Gasteiger partial charge in [0.15, 0.2) is 0 Å². The predicted octanol–water partition coefficient (Wildman–Crippen LogP) is 4.75. The van der Waals surface area contributed by atoms with Crippen LogP contribution in [0.4, 0.5) is 0 Å². The summed E-state index contributed by atoms with van der Waals surface area (Å²) in [5.41, 5.74) is 5.27. The molecule has 3 aromatic rings. The van der Waals surface area contributed by atoms with Gasteiger partial charge in [-0.1, -0.05) is 98.8 Å². The van der Waals surface area contributed by atoms with Gasteiger partial charge < -0.3 is 14.7 Å². The molecule has 136 valence electrons. The summed E-state index contributed by atoms with van der Waals surface area (Å²) in [5.74, 6) is 0.